The average molecular weight is 333 g/mol. The van der Waals surface area contributed by atoms with E-state index in [2.05, 4.69) is 28.2 Å². The third kappa shape index (κ3) is 3.50. The molecule has 0 bridgehead atoms. The normalized spacial score (nSPS) is 17.5. The molecule has 122 valence electrons. The molecule has 1 unspecified atom stereocenters. The molecule has 1 saturated heterocycles. The molecule has 0 amide bonds. The number of aromatic nitrogens is 2. The predicted molar refractivity (Wildman–Crippen MR) is 94.5 cm³/mol. The Labute approximate surface area is 140 Å². The first-order chi connectivity index (χ1) is 11.0. The number of anilines is 2. The fourth-order valence-electron chi connectivity index (χ4n) is 3.00. The summed E-state index contributed by atoms with van der Waals surface area (Å²) in [5.74, 6) is 0.910. The van der Waals surface area contributed by atoms with Gasteiger partial charge in [-0.25, -0.2) is 4.98 Å². The molecular weight excluding hydrogens is 312 g/mol. The molecule has 1 aliphatic rings. The summed E-state index contributed by atoms with van der Waals surface area (Å²) in [6.07, 6.45) is 4.39. The van der Waals surface area contributed by atoms with Crippen LogP contribution in [0.5, 0.6) is 0 Å². The molecule has 0 spiro atoms. The Morgan fingerprint density at radius 2 is 2.26 bits per heavy atom. The van der Waals surface area contributed by atoms with E-state index in [1.807, 2.05) is 12.1 Å². The SMILES string of the molecule is Cc1ccc(Cl)cc1N1CCC(CNc2nccn(C)c2=O)C1. The molecule has 0 radical (unpaired) electrons. The topological polar surface area (TPSA) is 50.2 Å². The van der Waals surface area contributed by atoms with Gasteiger partial charge in [-0.3, -0.25) is 4.79 Å². The zero-order valence-corrected chi connectivity index (χ0v) is 14.2. The lowest BCUT2D eigenvalue weighted by Crippen LogP contribution is -2.26. The fourth-order valence-corrected chi connectivity index (χ4v) is 3.17. The zero-order valence-electron chi connectivity index (χ0n) is 13.4. The molecule has 1 aromatic carbocycles. The van der Waals surface area contributed by atoms with Crippen molar-refractivity contribution in [3.63, 3.8) is 0 Å². The maximum atomic E-state index is 12.0. The number of nitrogens with zero attached hydrogens (tertiary/aromatic N) is 3. The summed E-state index contributed by atoms with van der Waals surface area (Å²) in [6, 6.07) is 6.01. The lowest BCUT2D eigenvalue weighted by molar-refractivity contribution is 0.619. The molecular formula is C17H21ClN4O. The minimum absolute atomic E-state index is 0.0898. The predicted octanol–water partition coefficient (Wildman–Crippen LogP) is 2.68. The molecule has 1 atom stereocenters. The molecule has 0 aliphatic carbocycles. The Morgan fingerprint density at radius 3 is 3.09 bits per heavy atom. The number of aryl methyl sites for hydroxylation is 2. The summed E-state index contributed by atoms with van der Waals surface area (Å²) < 4.78 is 1.53. The van der Waals surface area contributed by atoms with E-state index >= 15 is 0 Å². The van der Waals surface area contributed by atoms with Gasteiger partial charge in [0.25, 0.3) is 5.56 Å². The first kappa shape index (κ1) is 15.9. The monoisotopic (exact) mass is 332 g/mol. The fraction of sp³-hybridized carbons (Fsp3) is 0.412. The van der Waals surface area contributed by atoms with Crippen molar-refractivity contribution in [2.45, 2.75) is 13.3 Å². The summed E-state index contributed by atoms with van der Waals surface area (Å²) in [4.78, 5) is 18.4. The molecule has 1 aromatic heterocycles. The molecule has 5 nitrogen and oxygen atoms in total. The first-order valence-electron chi connectivity index (χ1n) is 7.81. The number of hydrogen-bond donors (Lipinski definition) is 1. The van der Waals surface area contributed by atoms with Crippen LogP contribution in [0.3, 0.4) is 0 Å². The number of rotatable bonds is 4. The highest BCUT2D eigenvalue weighted by Gasteiger charge is 2.24. The van der Waals surface area contributed by atoms with Gasteiger partial charge in [-0.2, -0.15) is 0 Å². The van der Waals surface area contributed by atoms with Gasteiger partial charge in [0.15, 0.2) is 5.82 Å². The van der Waals surface area contributed by atoms with Crippen molar-refractivity contribution in [3.05, 3.63) is 51.5 Å². The van der Waals surface area contributed by atoms with Crippen molar-refractivity contribution in [2.24, 2.45) is 13.0 Å². The second-order valence-electron chi connectivity index (χ2n) is 6.10. The highest BCUT2D eigenvalue weighted by molar-refractivity contribution is 6.30. The maximum Gasteiger partial charge on any atom is 0.293 e. The molecule has 3 rings (SSSR count). The number of hydrogen-bond acceptors (Lipinski definition) is 4. The Hall–Kier alpha value is -2.01. The van der Waals surface area contributed by atoms with Crippen LogP contribution in [0, 0.1) is 12.8 Å². The quantitative estimate of drug-likeness (QED) is 0.935. The number of benzene rings is 1. The summed E-state index contributed by atoms with van der Waals surface area (Å²) in [7, 11) is 1.73. The van der Waals surface area contributed by atoms with Crippen LogP contribution in [0.2, 0.25) is 5.02 Å². The van der Waals surface area contributed by atoms with Crippen molar-refractivity contribution in [2.75, 3.05) is 29.9 Å². The Morgan fingerprint density at radius 1 is 1.43 bits per heavy atom. The molecule has 6 heteroatoms. The molecule has 23 heavy (non-hydrogen) atoms. The lowest BCUT2D eigenvalue weighted by atomic mass is 10.1. The smallest absolute Gasteiger partial charge is 0.293 e. The zero-order chi connectivity index (χ0) is 16.4. The Balaban J connectivity index is 1.63. The molecule has 2 heterocycles. The van der Waals surface area contributed by atoms with Crippen LogP contribution < -0.4 is 15.8 Å². The summed E-state index contributed by atoms with van der Waals surface area (Å²) in [5, 5.41) is 3.96. The Bertz CT molecular complexity index is 758. The van der Waals surface area contributed by atoms with Gasteiger partial charge in [-0.05, 0) is 37.0 Å². The van der Waals surface area contributed by atoms with Crippen LogP contribution in [0.4, 0.5) is 11.5 Å². The largest absolute Gasteiger partial charge is 0.371 e. The van der Waals surface area contributed by atoms with Gasteiger partial charge < -0.3 is 14.8 Å². The molecule has 1 N–H and O–H groups in total. The average Bonchev–Trinajstić information content (AvgIpc) is 3.00. The van der Waals surface area contributed by atoms with Gasteiger partial charge in [0.05, 0.1) is 0 Å². The minimum Gasteiger partial charge on any atom is -0.371 e. The standard InChI is InChI=1S/C17H21ClN4O/c1-12-3-4-14(18)9-15(12)22-7-5-13(11-22)10-20-16-17(23)21(2)8-6-19-16/h3-4,6,8-9,13H,5,7,10-11H2,1-2H3,(H,19,20). The van der Waals surface area contributed by atoms with Crippen molar-refractivity contribution in [1.82, 2.24) is 9.55 Å². The molecule has 0 saturated carbocycles. The number of nitrogens with one attached hydrogen (secondary N) is 1. The second kappa shape index (κ2) is 6.62. The summed E-state index contributed by atoms with van der Waals surface area (Å²) in [5.41, 5.74) is 2.35. The van der Waals surface area contributed by atoms with E-state index in [1.54, 1.807) is 19.4 Å². The van der Waals surface area contributed by atoms with Gasteiger partial charge in [0.2, 0.25) is 0 Å². The maximum absolute atomic E-state index is 12.0. The highest BCUT2D eigenvalue weighted by atomic mass is 35.5. The van der Waals surface area contributed by atoms with E-state index < -0.39 is 0 Å². The summed E-state index contributed by atoms with van der Waals surface area (Å²) in [6.45, 7) is 4.83. The van der Waals surface area contributed by atoms with Crippen molar-refractivity contribution >= 4 is 23.1 Å². The molecule has 2 aromatic rings. The highest BCUT2D eigenvalue weighted by Crippen LogP contribution is 2.29. The Kier molecular flexibility index (Phi) is 4.57. The second-order valence-corrected chi connectivity index (χ2v) is 6.54. The third-order valence-electron chi connectivity index (χ3n) is 4.37. The van der Waals surface area contributed by atoms with Gasteiger partial charge in [0, 0.05) is 49.8 Å². The van der Waals surface area contributed by atoms with Crippen LogP contribution in [-0.4, -0.2) is 29.2 Å². The van der Waals surface area contributed by atoms with E-state index in [0.717, 1.165) is 31.1 Å². The van der Waals surface area contributed by atoms with Gasteiger partial charge >= 0.3 is 0 Å². The first-order valence-corrected chi connectivity index (χ1v) is 8.19. The van der Waals surface area contributed by atoms with Crippen LogP contribution in [-0.2, 0) is 7.05 Å². The van der Waals surface area contributed by atoms with E-state index in [4.69, 9.17) is 11.6 Å². The molecule has 1 aliphatic heterocycles. The van der Waals surface area contributed by atoms with Crippen LogP contribution in [0.15, 0.2) is 35.4 Å². The van der Waals surface area contributed by atoms with Gasteiger partial charge in [-0.1, -0.05) is 17.7 Å². The van der Waals surface area contributed by atoms with Gasteiger partial charge in [0.1, 0.15) is 0 Å². The van der Waals surface area contributed by atoms with Crippen molar-refractivity contribution < 1.29 is 0 Å². The lowest BCUT2D eigenvalue weighted by Gasteiger charge is -2.21. The molecule has 1 fully saturated rings. The van der Waals surface area contributed by atoms with E-state index in [-0.39, 0.29) is 5.56 Å². The van der Waals surface area contributed by atoms with Gasteiger partial charge in [-0.15, -0.1) is 0 Å². The van der Waals surface area contributed by atoms with Crippen LogP contribution in [0.25, 0.3) is 0 Å². The van der Waals surface area contributed by atoms with E-state index in [1.165, 1.54) is 15.8 Å². The third-order valence-corrected chi connectivity index (χ3v) is 4.61. The minimum atomic E-state index is -0.0898. The van der Waals surface area contributed by atoms with Crippen molar-refractivity contribution in [3.8, 4) is 0 Å². The number of halogens is 1. The van der Waals surface area contributed by atoms with E-state index in [0.29, 0.717) is 11.7 Å². The van der Waals surface area contributed by atoms with E-state index in [9.17, 15) is 4.79 Å². The van der Waals surface area contributed by atoms with Crippen molar-refractivity contribution in [1.29, 1.82) is 0 Å². The summed E-state index contributed by atoms with van der Waals surface area (Å²) >= 11 is 6.12. The van der Waals surface area contributed by atoms with Crippen LogP contribution in [0.1, 0.15) is 12.0 Å². The van der Waals surface area contributed by atoms with Crippen LogP contribution >= 0.6 is 11.6 Å².